The number of hydrogen-bond donors (Lipinski definition) is 1. The van der Waals surface area contributed by atoms with Gasteiger partial charge in [0.25, 0.3) is 0 Å². The Hall–Kier alpha value is -2.40. The number of para-hydroxylation sites is 1. The Labute approximate surface area is 123 Å². The molecular formula is C16H18N4O. The number of rotatable bonds is 4. The monoisotopic (exact) mass is 282 g/mol. The Kier molecular flexibility index (Phi) is 3.58. The van der Waals surface area contributed by atoms with Gasteiger partial charge in [-0.3, -0.25) is 4.98 Å². The van der Waals surface area contributed by atoms with Crippen LogP contribution in [0.1, 0.15) is 11.3 Å². The van der Waals surface area contributed by atoms with Crippen molar-refractivity contribution >= 4 is 10.9 Å². The predicted molar refractivity (Wildman–Crippen MR) is 82.5 cm³/mol. The number of nitrogens with zero attached hydrogens (tertiary/aromatic N) is 3. The third kappa shape index (κ3) is 2.60. The summed E-state index contributed by atoms with van der Waals surface area (Å²) in [5.41, 5.74) is 8.62. The van der Waals surface area contributed by atoms with Crippen LogP contribution in [0.5, 0.6) is 11.6 Å². The molecule has 0 atom stereocenters. The van der Waals surface area contributed by atoms with Gasteiger partial charge in [0.15, 0.2) is 0 Å². The van der Waals surface area contributed by atoms with E-state index in [-0.39, 0.29) is 0 Å². The minimum Gasteiger partial charge on any atom is -0.437 e. The highest BCUT2D eigenvalue weighted by Gasteiger charge is 2.15. The molecule has 0 radical (unpaired) electrons. The molecule has 5 nitrogen and oxygen atoms in total. The van der Waals surface area contributed by atoms with Gasteiger partial charge in [0.05, 0.1) is 17.4 Å². The largest absolute Gasteiger partial charge is 0.437 e. The lowest BCUT2D eigenvalue weighted by molar-refractivity contribution is 0.425. The van der Waals surface area contributed by atoms with E-state index >= 15 is 0 Å². The van der Waals surface area contributed by atoms with Crippen molar-refractivity contribution in [2.75, 3.05) is 6.54 Å². The molecule has 0 unspecified atom stereocenters. The van der Waals surface area contributed by atoms with Crippen LogP contribution >= 0.6 is 0 Å². The quantitative estimate of drug-likeness (QED) is 0.798. The Morgan fingerprint density at radius 2 is 2.10 bits per heavy atom. The zero-order valence-electron chi connectivity index (χ0n) is 12.2. The van der Waals surface area contributed by atoms with Gasteiger partial charge in [0.1, 0.15) is 5.75 Å². The van der Waals surface area contributed by atoms with E-state index in [1.807, 2.05) is 44.3 Å². The summed E-state index contributed by atoms with van der Waals surface area (Å²) in [6, 6.07) is 9.94. The van der Waals surface area contributed by atoms with Crippen molar-refractivity contribution in [3.8, 4) is 11.6 Å². The van der Waals surface area contributed by atoms with Crippen molar-refractivity contribution in [3.63, 3.8) is 0 Å². The number of pyridine rings is 1. The SMILES string of the molecule is Cc1nn(C)c(Oc2cnc3ccccc3c2)c1CCN. The lowest BCUT2D eigenvalue weighted by atomic mass is 10.2. The molecule has 2 heterocycles. The van der Waals surface area contributed by atoms with E-state index in [1.54, 1.807) is 10.9 Å². The maximum Gasteiger partial charge on any atom is 0.221 e. The molecule has 0 aliphatic carbocycles. The Bertz CT molecular complexity index is 779. The first-order valence-electron chi connectivity index (χ1n) is 6.94. The van der Waals surface area contributed by atoms with E-state index < -0.39 is 0 Å². The molecule has 3 rings (SSSR count). The highest BCUT2D eigenvalue weighted by molar-refractivity contribution is 5.79. The van der Waals surface area contributed by atoms with Crippen LogP contribution < -0.4 is 10.5 Å². The fraction of sp³-hybridized carbons (Fsp3) is 0.250. The summed E-state index contributed by atoms with van der Waals surface area (Å²) in [7, 11) is 1.87. The van der Waals surface area contributed by atoms with E-state index in [0.717, 1.165) is 34.5 Å². The molecule has 21 heavy (non-hydrogen) atoms. The standard InChI is InChI=1S/C16H18N4O/c1-11-14(7-8-17)16(20(2)19-11)21-13-9-12-5-3-4-6-15(12)18-10-13/h3-6,9-10H,7-8,17H2,1-2H3. The smallest absolute Gasteiger partial charge is 0.221 e. The van der Waals surface area contributed by atoms with Gasteiger partial charge >= 0.3 is 0 Å². The van der Waals surface area contributed by atoms with Gasteiger partial charge in [-0.1, -0.05) is 18.2 Å². The van der Waals surface area contributed by atoms with E-state index in [1.165, 1.54) is 0 Å². The predicted octanol–water partition coefficient (Wildman–Crippen LogP) is 2.57. The van der Waals surface area contributed by atoms with Crippen molar-refractivity contribution in [1.82, 2.24) is 14.8 Å². The van der Waals surface area contributed by atoms with E-state index in [9.17, 15) is 0 Å². The zero-order chi connectivity index (χ0) is 14.8. The number of nitrogens with two attached hydrogens (primary N) is 1. The first-order valence-corrected chi connectivity index (χ1v) is 6.94. The number of ether oxygens (including phenoxy) is 1. The number of aryl methyl sites for hydroxylation is 2. The van der Waals surface area contributed by atoms with Crippen LogP contribution in [0.3, 0.4) is 0 Å². The van der Waals surface area contributed by atoms with Gasteiger partial charge in [-0.05, 0) is 32.0 Å². The fourth-order valence-corrected chi connectivity index (χ4v) is 2.46. The third-order valence-electron chi connectivity index (χ3n) is 3.46. The van der Waals surface area contributed by atoms with Crippen LogP contribution in [0, 0.1) is 6.92 Å². The number of benzene rings is 1. The van der Waals surface area contributed by atoms with Crippen LogP contribution in [-0.2, 0) is 13.5 Å². The molecule has 2 N–H and O–H groups in total. The summed E-state index contributed by atoms with van der Waals surface area (Å²) < 4.78 is 7.75. The van der Waals surface area contributed by atoms with Gasteiger partial charge in [-0.15, -0.1) is 0 Å². The Morgan fingerprint density at radius 3 is 2.90 bits per heavy atom. The van der Waals surface area contributed by atoms with Gasteiger partial charge in [0.2, 0.25) is 5.88 Å². The van der Waals surface area contributed by atoms with E-state index in [0.29, 0.717) is 12.3 Å². The topological polar surface area (TPSA) is 66.0 Å². The molecule has 1 aromatic carbocycles. The lowest BCUT2D eigenvalue weighted by Crippen LogP contribution is -2.05. The zero-order valence-corrected chi connectivity index (χ0v) is 12.2. The normalized spacial score (nSPS) is 11.0. The summed E-state index contributed by atoms with van der Waals surface area (Å²) >= 11 is 0. The van der Waals surface area contributed by atoms with Crippen molar-refractivity contribution in [2.45, 2.75) is 13.3 Å². The van der Waals surface area contributed by atoms with Crippen molar-refractivity contribution < 1.29 is 4.74 Å². The van der Waals surface area contributed by atoms with Gasteiger partial charge in [-0.25, -0.2) is 4.68 Å². The minimum absolute atomic E-state index is 0.568. The molecule has 0 fully saturated rings. The molecule has 0 saturated carbocycles. The average molecular weight is 282 g/mol. The molecular weight excluding hydrogens is 264 g/mol. The van der Waals surface area contributed by atoms with Gasteiger partial charge < -0.3 is 10.5 Å². The summed E-state index contributed by atoms with van der Waals surface area (Å²) in [6.07, 6.45) is 2.48. The molecule has 5 heteroatoms. The number of hydrogen-bond acceptors (Lipinski definition) is 4. The summed E-state index contributed by atoms with van der Waals surface area (Å²) in [6.45, 7) is 2.54. The fourth-order valence-electron chi connectivity index (χ4n) is 2.46. The van der Waals surface area contributed by atoms with E-state index in [4.69, 9.17) is 10.5 Å². The summed E-state index contributed by atoms with van der Waals surface area (Å²) in [5, 5.41) is 5.45. The van der Waals surface area contributed by atoms with Crippen LogP contribution in [0.15, 0.2) is 36.5 Å². The second-order valence-corrected chi connectivity index (χ2v) is 5.00. The van der Waals surface area contributed by atoms with Crippen molar-refractivity contribution in [1.29, 1.82) is 0 Å². The van der Waals surface area contributed by atoms with Crippen LogP contribution in [-0.4, -0.2) is 21.3 Å². The van der Waals surface area contributed by atoms with E-state index in [2.05, 4.69) is 10.1 Å². The molecule has 2 aromatic heterocycles. The van der Waals surface area contributed by atoms with Crippen molar-refractivity contribution in [3.05, 3.63) is 47.8 Å². The van der Waals surface area contributed by atoms with Crippen LogP contribution in [0.25, 0.3) is 10.9 Å². The summed E-state index contributed by atoms with van der Waals surface area (Å²) in [5.74, 6) is 1.44. The average Bonchev–Trinajstić information content (AvgIpc) is 2.75. The van der Waals surface area contributed by atoms with Crippen LogP contribution in [0.4, 0.5) is 0 Å². The molecule has 3 aromatic rings. The van der Waals surface area contributed by atoms with Crippen LogP contribution in [0.2, 0.25) is 0 Å². The molecule has 0 amide bonds. The molecule has 0 aliphatic heterocycles. The third-order valence-corrected chi connectivity index (χ3v) is 3.46. The number of aromatic nitrogens is 3. The maximum absolute atomic E-state index is 6.00. The van der Waals surface area contributed by atoms with Crippen molar-refractivity contribution in [2.24, 2.45) is 12.8 Å². The summed E-state index contributed by atoms with van der Waals surface area (Å²) in [4.78, 5) is 4.41. The molecule has 0 bridgehead atoms. The Morgan fingerprint density at radius 1 is 1.29 bits per heavy atom. The molecule has 0 aliphatic rings. The molecule has 0 saturated heterocycles. The highest BCUT2D eigenvalue weighted by Crippen LogP contribution is 2.28. The highest BCUT2D eigenvalue weighted by atomic mass is 16.5. The molecule has 108 valence electrons. The van der Waals surface area contributed by atoms with Gasteiger partial charge in [0, 0.05) is 18.0 Å². The first-order chi connectivity index (χ1) is 10.2. The number of fused-ring (bicyclic) bond motifs is 1. The minimum atomic E-state index is 0.568. The van der Waals surface area contributed by atoms with Gasteiger partial charge in [-0.2, -0.15) is 5.10 Å². The first kappa shape index (κ1) is 13.6. The second-order valence-electron chi connectivity index (χ2n) is 5.00. The second kappa shape index (κ2) is 5.54. The Balaban J connectivity index is 1.98. The maximum atomic E-state index is 6.00. The lowest BCUT2D eigenvalue weighted by Gasteiger charge is -2.09. The molecule has 0 spiro atoms.